The first-order valence-electron chi connectivity index (χ1n) is 9.95. The Bertz CT molecular complexity index is 739. The summed E-state index contributed by atoms with van der Waals surface area (Å²) in [6.07, 6.45) is 3.86. The van der Waals surface area contributed by atoms with E-state index in [0.29, 0.717) is 18.5 Å². The number of aryl methyl sites for hydroxylation is 1. The lowest BCUT2D eigenvalue weighted by Crippen LogP contribution is -2.54. The fourth-order valence-electron chi connectivity index (χ4n) is 4.92. The summed E-state index contributed by atoms with van der Waals surface area (Å²) in [5, 5.41) is 0. The molecule has 1 aromatic heterocycles. The third-order valence-electron chi connectivity index (χ3n) is 6.44. The van der Waals surface area contributed by atoms with Gasteiger partial charge in [-0.3, -0.25) is 9.59 Å². The third-order valence-corrected chi connectivity index (χ3v) is 6.44. The fourth-order valence-corrected chi connectivity index (χ4v) is 4.92. The van der Waals surface area contributed by atoms with E-state index >= 15 is 0 Å². The van der Waals surface area contributed by atoms with Crippen molar-refractivity contribution in [2.45, 2.75) is 71.4 Å². The molecule has 6 heteroatoms. The third kappa shape index (κ3) is 2.74. The summed E-state index contributed by atoms with van der Waals surface area (Å²) in [6, 6.07) is 0.330. The van der Waals surface area contributed by atoms with E-state index in [9.17, 15) is 9.59 Å². The van der Waals surface area contributed by atoms with Gasteiger partial charge in [-0.05, 0) is 46.5 Å². The van der Waals surface area contributed by atoms with Crippen LogP contribution in [0.15, 0.2) is 0 Å². The number of fused-ring (bicyclic) bond motifs is 2. The molecule has 0 N–H and O–H groups in total. The topological polar surface area (TPSA) is 58.4 Å². The molecule has 1 aromatic rings. The monoisotopic (exact) mass is 358 g/mol. The second kappa shape index (κ2) is 6.10. The summed E-state index contributed by atoms with van der Waals surface area (Å²) in [5.74, 6) is 1.74. The highest BCUT2D eigenvalue weighted by Crippen LogP contribution is 2.44. The number of likely N-dealkylation sites (tertiary alicyclic amines) is 1. The lowest BCUT2D eigenvalue weighted by atomic mass is 9.72. The Morgan fingerprint density at radius 3 is 2.35 bits per heavy atom. The van der Waals surface area contributed by atoms with Crippen LogP contribution in [-0.2, 0) is 21.5 Å². The summed E-state index contributed by atoms with van der Waals surface area (Å²) in [5.41, 5.74) is 2.30. The predicted molar refractivity (Wildman–Crippen MR) is 98.7 cm³/mol. The van der Waals surface area contributed by atoms with Gasteiger partial charge in [-0.25, -0.2) is 4.98 Å². The summed E-state index contributed by atoms with van der Waals surface area (Å²) >= 11 is 0. The van der Waals surface area contributed by atoms with E-state index in [0.717, 1.165) is 51.1 Å². The number of carbonyl (C=O) groups excluding carboxylic acids is 2. The minimum absolute atomic E-state index is 0.102. The first-order chi connectivity index (χ1) is 12.3. The van der Waals surface area contributed by atoms with E-state index < -0.39 is 0 Å². The molecule has 0 bridgehead atoms. The van der Waals surface area contributed by atoms with Crippen LogP contribution in [0.1, 0.15) is 69.7 Å². The molecule has 3 aliphatic rings. The smallest absolute Gasteiger partial charge is 0.226 e. The average molecular weight is 358 g/mol. The molecular weight excluding hydrogens is 328 g/mol. The van der Waals surface area contributed by atoms with E-state index in [-0.39, 0.29) is 17.2 Å². The summed E-state index contributed by atoms with van der Waals surface area (Å²) < 4.78 is 2.31. The van der Waals surface area contributed by atoms with Crippen LogP contribution in [0.4, 0.5) is 0 Å². The van der Waals surface area contributed by atoms with Gasteiger partial charge in [0, 0.05) is 43.9 Å². The van der Waals surface area contributed by atoms with E-state index in [4.69, 9.17) is 4.98 Å². The summed E-state index contributed by atoms with van der Waals surface area (Å²) in [7, 11) is 0. The quantitative estimate of drug-likeness (QED) is 0.816. The number of nitrogens with zero attached hydrogens (tertiary/aromatic N) is 4. The van der Waals surface area contributed by atoms with Gasteiger partial charge < -0.3 is 14.4 Å². The zero-order chi connectivity index (χ0) is 18.6. The molecule has 1 saturated carbocycles. The molecule has 1 aliphatic carbocycles. The van der Waals surface area contributed by atoms with Gasteiger partial charge in [0.1, 0.15) is 5.82 Å². The number of piperidine rings is 1. The lowest BCUT2D eigenvalue weighted by Gasteiger charge is -2.47. The van der Waals surface area contributed by atoms with Gasteiger partial charge in [-0.15, -0.1) is 0 Å². The molecule has 4 rings (SSSR count). The van der Waals surface area contributed by atoms with Gasteiger partial charge in [0.15, 0.2) is 0 Å². The molecule has 2 aliphatic heterocycles. The molecule has 0 unspecified atom stereocenters. The second-order valence-electron chi connectivity index (χ2n) is 8.67. The van der Waals surface area contributed by atoms with Crippen molar-refractivity contribution in [1.29, 1.82) is 0 Å². The Balaban J connectivity index is 1.73. The Morgan fingerprint density at radius 2 is 1.81 bits per heavy atom. The highest BCUT2D eigenvalue weighted by molar-refractivity contribution is 5.81. The number of imidazole rings is 1. The van der Waals surface area contributed by atoms with Gasteiger partial charge in [0.25, 0.3) is 0 Å². The Morgan fingerprint density at radius 1 is 1.15 bits per heavy atom. The SMILES string of the molecule is CC(=O)N1CCC2(CC1)CN(C(=O)C1CC1)Cc1c2nc(C)n1C(C)C. The largest absolute Gasteiger partial charge is 0.343 e. The number of rotatable bonds is 2. The molecule has 0 atom stereocenters. The van der Waals surface area contributed by atoms with Crippen LogP contribution in [0.25, 0.3) is 0 Å². The minimum atomic E-state index is -0.102. The van der Waals surface area contributed by atoms with Crippen molar-refractivity contribution in [2.24, 2.45) is 5.92 Å². The van der Waals surface area contributed by atoms with E-state index in [1.807, 2.05) is 4.90 Å². The fraction of sp³-hybridized carbons (Fsp3) is 0.750. The van der Waals surface area contributed by atoms with Crippen molar-refractivity contribution < 1.29 is 9.59 Å². The molecule has 3 heterocycles. The zero-order valence-electron chi connectivity index (χ0n) is 16.4. The Labute approximate surface area is 155 Å². The molecule has 6 nitrogen and oxygen atoms in total. The van der Waals surface area contributed by atoms with Gasteiger partial charge >= 0.3 is 0 Å². The van der Waals surface area contributed by atoms with Crippen LogP contribution in [0.3, 0.4) is 0 Å². The standard InChI is InChI=1S/C20H30N4O2/c1-13(2)24-14(3)21-18-17(24)11-23(19(26)16-5-6-16)12-20(18)7-9-22(10-8-20)15(4)25/h13,16H,5-12H2,1-4H3. The van der Waals surface area contributed by atoms with Crippen molar-refractivity contribution >= 4 is 11.8 Å². The first-order valence-corrected chi connectivity index (χ1v) is 9.95. The van der Waals surface area contributed by atoms with Crippen molar-refractivity contribution in [1.82, 2.24) is 19.4 Å². The van der Waals surface area contributed by atoms with Crippen LogP contribution in [-0.4, -0.2) is 50.8 Å². The van der Waals surface area contributed by atoms with Gasteiger partial charge in [-0.1, -0.05) is 0 Å². The number of amides is 2. The van der Waals surface area contributed by atoms with Crippen LogP contribution in [0, 0.1) is 12.8 Å². The summed E-state index contributed by atoms with van der Waals surface area (Å²) in [4.78, 5) is 33.7. The predicted octanol–water partition coefficient (Wildman–Crippen LogP) is 2.40. The van der Waals surface area contributed by atoms with Gasteiger partial charge in [0.2, 0.25) is 11.8 Å². The maximum Gasteiger partial charge on any atom is 0.226 e. The number of carbonyl (C=O) groups is 2. The molecule has 26 heavy (non-hydrogen) atoms. The lowest BCUT2D eigenvalue weighted by molar-refractivity contribution is -0.137. The normalized spacial score (nSPS) is 22.0. The molecule has 1 saturated heterocycles. The minimum Gasteiger partial charge on any atom is -0.343 e. The van der Waals surface area contributed by atoms with Gasteiger partial charge in [0.05, 0.1) is 17.9 Å². The molecule has 2 amide bonds. The maximum atomic E-state index is 12.9. The van der Waals surface area contributed by atoms with Crippen molar-refractivity contribution in [3.05, 3.63) is 17.2 Å². The van der Waals surface area contributed by atoms with E-state index in [1.165, 1.54) is 11.4 Å². The highest BCUT2D eigenvalue weighted by Gasteiger charge is 2.48. The van der Waals surface area contributed by atoms with Crippen molar-refractivity contribution in [3.8, 4) is 0 Å². The van der Waals surface area contributed by atoms with Crippen molar-refractivity contribution in [2.75, 3.05) is 19.6 Å². The second-order valence-corrected chi connectivity index (χ2v) is 8.67. The Kier molecular flexibility index (Phi) is 4.12. The van der Waals surface area contributed by atoms with E-state index in [2.05, 4.69) is 30.2 Å². The molecular formula is C20H30N4O2. The van der Waals surface area contributed by atoms with Crippen LogP contribution in [0.2, 0.25) is 0 Å². The number of hydrogen-bond donors (Lipinski definition) is 0. The van der Waals surface area contributed by atoms with Crippen LogP contribution >= 0.6 is 0 Å². The highest BCUT2D eigenvalue weighted by atomic mass is 16.2. The number of aromatic nitrogens is 2. The van der Waals surface area contributed by atoms with E-state index in [1.54, 1.807) is 6.92 Å². The summed E-state index contributed by atoms with van der Waals surface area (Å²) in [6.45, 7) is 11.0. The maximum absolute atomic E-state index is 12.9. The average Bonchev–Trinajstić information content (AvgIpc) is 3.37. The number of hydrogen-bond acceptors (Lipinski definition) is 3. The molecule has 1 spiro atoms. The molecule has 2 fully saturated rings. The van der Waals surface area contributed by atoms with Gasteiger partial charge in [-0.2, -0.15) is 0 Å². The van der Waals surface area contributed by atoms with Crippen LogP contribution in [0.5, 0.6) is 0 Å². The molecule has 142 valence electrons. The van der Waals surface area contributed by atoms with Crippen molar-refractivity contribution in [3.63, 3.8) is 0 Å². The molecule has 0 aromatic carbocycles. The molecule has 0 radical (unpaired) electrons. The first kappa shape index (κ1) is 17.6. The van der Waals surface area contributed by atoms with Crippen LogP contribution < -0.4 is 0 Å². The zero-order valence-corrected chi connectivity index (χ0v) is 16.4. The Hall–Kier alpha value is -1.85.